The van der Waals surface area contributed by atoms with E-state index in [0.29, 0.717) is 12.1 Å². The lowest BCUT2D eigenvalue weighted by Crippen LogP contribution is -2.39. The van der Waals surface area contributed by atoms with Gasteiger partial charge in [-0.1, -0.05) is 30.3 Å². The molecule has 1 unspecified atom stereocenters. The molecule has 3 N–H and O–H groups in total. The van der Waals surface area contributed by atoms with Crippen molar-refractivity contribution in [1.29, 1.82) is 0 Å². The number of unbranched alkanes of at least 4 members (excludes halogenated alkanes) is 1. The van der Waals surface area contributed by atoms with Gasteiger partial charge in [-0.2, -0.15) is 11.8 Å². The number of carboxylic acids is 1. The molecule has 6 heteroatoms. The molecule has 0 aliphatic rings. The van der Waals surface area contributed by atoms with Crippen LogP contribution in [0.1, 0.15) is 24.3 Å². The second-order valence-electron chi connectivity index (χ2n) is 4.64. The molecule has 116 valence electrons. The molecule has 2 amide bonds. The summed E-state index contributed by atoms with van der Waals surface area (Å²) < 4.78 is 0. The lowest BCUT2D eigenvalue weighted by Gasteiger charge is -2.14. The highest BCUT2D eigenvalue weighted by Gasteiger charge is 2.20. The smallest absolute Gasteiger partial charge is 0.314 e. The van der Waals surface area contributed by atoms with Crippen molar-refractivity contribution >= 4 is 23.8 Å². The van der Waals surface area contributed by atoms with Crippen LogP contribution in [0.25, 0.3) is 0 Å². The molecule has 21 heavy (non-hydrogen) atoms. The van der Waals surface area contributed by atoms with Crippen LogP contribution >= 0.6 is 11.8 Å². The van der Waals surface area contributed by atoms with E-state index >= 15 is 0 Å². The molecule has 0 aromatic heterocycles. The minimum atomic E-state index is -0.943. The van der Waals surface area contributed by atoms with Gasteiger partial charge < -0.3 is 15.7 Å². The Bertz CT molecular complexity index is 440. The van der Waals surface area contributed by atoms with Gasteiger partial charge in [0.25, 0.3) is 0 Å². The summed E-state index contributed by atoms with van der Waals surface area (Å²) in [6.07, 6.45) is 4.04. The first-order valence-electron chi connectivity index (χ1n) is 6.93. The van der Waals surface area contributed by atoms with Crippen LogP contribution in [0.2, 0.25) is 0 Å². The third-order valence-electron chi connectivity index (χ3n) is 3.03. The number of amides is 2. The van der Waals surface area contributed by atoms with Crippen molar-refractivity contribution in [2.75, 3.05) is 25.1 Å². The number of aliphatic carboxylic acids is 1. The number of hydrogen-bond donors (Lipinski definition) is 3. The average Bonchev–Trinajstić information content (AvgIpc) is 2.48. The van der Waals surface area contributed by atoms with Crippen LogP contribution in [0.4, 0.5) is 4.79 Å². The van der Waals surface area contributed by atoms with E-state index in [1.165, 1.54) is 0 Å². The standard InChI is InChI=1S/C15H22N2O3S/c1-21-10-6-5-9-16-15(20)17-11-13(14(18)19)12-7-3-2-4-8-12/h2-4,7-8,13H,5-6,9-11H2,1H3,(H,18,19)(H2,16,17,20). The van der Waals surface area contributed by atoms with Crippen molar-refractivity contribution in [2.24, 2.45) is 0 Å². The van der Waals surface area contributed by atoms with Crippen molar-refractivity contribution in [3.8, 4) is 0 Å². The number of rotatable bonds is 9. The van der Waals surface area contributed by atoms with Crippen molar-refractivity contribution in [3.05, 3.63) is 35.9 Å². The van der Waals surface area contributed by atoms with E-state index in [4.69, 9.17) is 0 Å². The number of nitrogens with one attached hydrogen (secondary N) is 2. The van der Waals surface area contributed by atoms with Gasteiger partial charge >= 0.3 is 12.0 Å². The minimum absolute atomic E-state index is 0.0794. The second-order valence-corrected chi connectivity index (χ2v) is 5.62. The third kappa shape index (κ3) is 7.04. The molecule has 0 heterocycles. The van der Waals surface area contributed by atoms with Crippen molar-refractivity contribution in [2.45, 2.75) is 18.8 Å². The number of benzene rings is 1. The SMILES string of the molecule is CSCCCCNC(=O)NCC(C(=O)O)c1ccccc1. The van der Waals surface area contributed by atoms with Gasteiger partial charge in [0, 0.05) is 13.1 Å². The molecule has 0 saturated carbocycles. The molecular weight excluding hydrogens is 288 g/mol. The fraction of sp³-hybridized carbons (Fsp3) is 0.467. The van der Waals surface area contributed by atoms with E-state index in [1.807, 2.05) is 6.07 Å². The largest absolute Gasteiger partial charge is 0.481 e. The topological polar surface area (TPSA) is 78.4 Å². The van der Waals surface area contributed by atoms with Crippen LogP contribution in [-0.2, 0) is 4.79 Å². The Morgan fingerprint density at radius 2 is 1.90 bits per heavy atom. The van der Waals surface area contributed by atoms with E-state index in [1.54, 1.807) is 36.0 Å². The minimum Gasteiger partial charge on any atom is -0.481 e. The maximum Gasteiger partial charge on any atom is 0.314 e. The number of urea groups is 1. The van der Waals surface area contributed by atoms with E-state index in [-0.39, 0.29) is 12.6 Å². The van der Waals surface area contributed by atoms with E-state index < -0.39 is 11.9 Å². The molecule has 1 aromatic rings. The lowest BCUT2D eigenvalue weighted by molar-refractivity contribution is -0.138. The zero-order valence-electron chi connectivity index (χ0n) is 12.2. The lowest BCUT2D eigenvalue weighted by atomic mass is 9.99. The summed E-state index contributed by atoms with van der Waals surface area (Å²) in [7, 11) is 0. The Morgan fingerprint density at radius 1 is 1.19 bits per heavy atom. The van der Waals surface area contributed by atoms with E-state index in [9.17, 15) is 14.7 Å². The highest BCUT2D eigenvalue weighted by Crippen LogP contribution is 2.14. The van der Waals surface area contributed by atoms with Crippen LogP contribution in [0.15, 0.2) is 30.3 Å². The van der Waals surface area contributed by atoms with Gasteiger partial charge in [0.05, 0.1) is 5.92 Å². The molecule has 1 atom stereocenters. The highest BCUT2D eigenvalue weighted by atomic mass is 32.2. The third-order valence-corrected chi connectivity index (χ3v) is 3.72. The quantitative estimate of drug-likeness (QED) is 0.612. The maximum absolute atomic E-state index is 11.6. The number of carboxylic acid groups (broad SMARTS) is 1. The van der Waals surface area contributed by atoms with Crippen LogP contribution in [0.3, 0.4) is 0 Å². The zero-order chi connectivity index (χ0) is 15.5. The van der Waals surface area contributed by atoms with Crippen LogP contribution in [0, 0.1) is 0 Å². The number of carbonyl (C=O) groups is 2. The summed E-state index contributed by atoms with van der Waals surface area (Å²) in [6.45, 7) is 0.686. The monoisotopic (exact) mass is 310 g/mol. The van der Waals surface area contributed by atoms with Gasteiger partial charge in [0.1, 0.15) is 0 Å². The Balaban J connectivity index is 2.34. The van der Waals surface area contributed by atoms with Gasteiger partial charge in [-0.15, -0.1) is 0 Å². The van der Waals surface area contributed by atoms with Gasteiger partial charge in [-0.25, -0.2) is 4.79 Å². The summed E-state index contributed by atoms with van der Waals surface area (Å²) in [4.78, 5) is 22.9. The summed E-state index contributed by atoms with van der Waals surface area (Å²) in [6, 6.07) is 8.59. The Kier molecular flexibility index (Phi) is 8.35. The molecule has 0 saturated heterocycles. The van der Waals surface area contributed by atoms with Crippen molar-refractivity contribution < 1.29 is 14.7 Å². The van der Waals surface area contributed by atoms with Crippen molar-refractivity contribution in [1.82, 2.24) is 10.6 Å². The summed E-state index contributed by atoms with van der Waals surface area (Å²) in [5.41, 5.74) is 0.685. The van der Waals surface area contributed by atoms with Gasteiger partial charge in [0.15, 0.2) is 0 Å². The molecule has 0 bridgehead atoms. The summed E-state index contributed by atoms with van der Waals surface area (Å²) >= 11 is 1.78. The molecule has 0 radical (unpaired) electrons. The molecule has 0 fully saturated rings. The van der Waals surface area contributed by atoms with Crippen molar-refractivity contribution in [3.63, 3.8) is 0 Å². The Labute approximate surface area is 129 Å². The van der Waals surface area contributed by atoms with Gasteiger partial charge in [0.2, 0.25) is 0 Å². The maximum atomic E-state index is 11.6. The fourth-order valence-electron chi connectivity index (χ4n) is 1.86. The summed E-state index contributed by atoms with van der Waals surface area (Å²) in [5.74, 6) is -0.590. The number of carbonyl (C=O) groups excluding carboxylic acids is 1. The molecular formula is C15H22N2O3S. The average molecular weight is 310 g/mol. The zero-order valence-corrected chi connectivity index (χ0v) is 13.0. The Hall–Kier alpha value is -1.69. The molecule has 1 rings (SSSR count). The van der Waals surface area contributed by atoms with Crippen LogP contribution in [-0.4, -0.2) is 42.2 Å². The first-order valence-corrected chi connectivity index (χ1v) is 8.33. The predicted molar refractivity (Wildman–Crippen MR) is 85.8 cm³/mol. The first-order chi connectivity index (χ1) is 10.1. The molecule has 0 aliphatic heterocycles. The van der Waals surface area contributed by atoms with Crippen LogP contribution in [0.5, 0.6) is 0 Å². The predicted octanol–water partition coefficient (Wildman–Crippen LogP) is 2.30. The molecule has 1 aromatic carbocycles. The molecule has 0 aliphatic carbocycles. The highest BCUT2D eigenvalue weighted by molar-refractivity contribution is 7.98. The van der Waals surface area contributed by atoms with E-state index in [0.717, 1.165) is 18.6 Å². The fourth-order valence-corrected chi connectivity index (χ4v) is 2.36. The summed E-state index contributed by atoms with van der Waals surface area (Å²) in [5, 5.41) is 14.6. The number of thioether (sulfide) groups is 1. The van der Waals surface area contributed by atoms with Gasteiger partial charge in [-0.05, 0) is 30.4 Å². The first kappa shape index (κ1) is 17.4. The second kappa shape index (κ2) is 10.1. The van der Waals surface area contributed by atoms with E-state index in [2.05, 4.69) is 16.9 Å². The van der Waals surface area contributed by atoms with Gasteiger partial charge in [-0.3, -0.25) is 4.79 Å². The normalized spacial score (nSPS) is 11.7. The Morgan fingerprint density at radius 3 is 2.52 bits per heavy atom. The van der Waals surface area contributed by atoms with Crippen LogP contribution < -0.4 is 10.6 Å². The molecule has 0 spiro atoms. The number of hydrogen-bond acceptors (Lipinski definition) is 3. The molecule has 5 nitrogen and oxygen atoms in total.